The second-order valence-electron chi connectivity index (χ2n) is 8.38. The lowest BCUT2D eigenvalue weighted by molar-refractivity contribution is 0.249. The topological polar surface area (TPSA) is 25.8 Å². The highest BCUT2D eigenvalue weighted by atomic mass is 15.1. The Bertz CT molecular complexity index is 652. The maximum Gasteiger partial charge on any atom is 0.0929 e. The van der Waals surface area contributed by atoms with Crippen LogP contribution in [0.5, 0.6) is 0 Å². The van der Waals surface area contributed by atoms with E-state index in [9.17, 15) is 0 Å². The molecule has 146 valence electrons. The first kappa shape index (κ1) is 20.0. The zero-order valence-corrected chi connectivity index (χ0v) is 17.3. The molecule has 0 saturated heterocycles. The fourth-order valence-electron chi connectivity index (χ4n) is 4.41. The summed E-state index contributed by atoms with van der Waals surface area (Å²) in [4.78, 5) is 0. The molecule has 1 fully saturated rings. The Kier molecular flexibility index (Phi) is 7.86. The van der Waals surface area contributed by atoms with Crippen molar-refractivity contribution < 1.29 is 0 Å². The summed E-state index contributed by atoms with van der Waals surface area (Å²) in [5.41, 5.74) is 4.65. The second kappa shape index (κ2) is 10.6. The summed E-state index contributed by atoms with van der Waals surface area (Å²) in [6, 6.07) is 13.1. The molecule has 2 nitrogen and oxygen atoms in total. The first-order valence-electron chi connectivity index (χ1n) is 11.2. The Balaban J connectivity index is 1.42. The summed E-state index contributed by atoms with van der Waals surface area (Å²) >= 11 is 0. The van der Waals surface area contributed by atoms with Gasteiger partial charge in [-0.2, -0.15) is 10.2 Å². The van der Waals surface area contributed by atoms with Crippen LogP contribution < -0.4 is 0 Å². The molecule has 1 saturated carbocycles. The SMILES string of the molecule is CCCCCC1CCC(CCc2ccc(-c3ccc(CC)nn3)cc2)CC1. The van der Waals surface area contributed by atoms with Gasteiger partial charge in [0.05, 0.1) is 11.4 Å². The van der Waals surface area contributed by atoms with E-state index in [1.165, 1.54) is 75.3 Å². The highest BCUT2D eigenvalue weighted by molar-refractivity contribution is 5.58. The van der Waals surface area contributed by atoms with Crippen molar-refractivity contribution in [2.24, 2.45) is 11.8 Å². The average Bonchev–Trinajstić information content (AvgIpc) is 2.74. The number of hydrogen-bond donors (Lipinski definition) is 0. The normalized spacial score (nSPS) is 19.9. The van der Waals surface area contributed by atoms with Crippen LogP contribution in [0.3, 0.4) is 0 Å². The number of nitrogens with zero attached hydrogens (tertiary/aromatic N) is 2. The predicted molar refractivity (Wildman–Crippen MR) is 115 cm³/mol. The van der Waals surface area contributed by atoms with Crippen LogP contribution in [0.15, 0.2) is 36.4 Å². The van der Waals surface area contributed by atoms with E-state index in [0.29, 0.717) is 0 Å². The maximum atomic E-state index is 4.35. The van der Waals surface area contributed by atoms with Gasteiger partial charge in [0.25, 0.3) is 0 Å². The summed E-state index contributed by atoms with van der Waals surface area (Å²) in [6.45, 7) is 4.41. The van der Waals surface area contributed by atoms with Crippen LogP contribution in [0.1, 0.15) is 82.9 Å². The van der Waals surface area contributed by atoms with Gasteiger partial charge in [-0.25, -0.2) is 0 Å². The van der Waals surface area contributed by atoms with Crippen LogP contribution in [-0.2, 0) is 12.8 Å². The summed E-state index contributed by atoms with van der Waals surface area (Å²) < 4.78 is 0. The predicted octanol–water partition coefficient (Wildman–Crippen LogP) is 7.03. The lowest BCUT2D eigenvalue weighted by Crippen LogP contribution is -2.15. The van der Waals surface area contributed by atoms with Crippen LogP contribution in [0.25, 0.3) is 11.3 Å². The van der Waals surface area contributed by atoms with Gasteiger partial charge in [-0.1, -0.05) is 89.5 Å². The van der Waals surface area contributed by atoms with Gasteiger partial charge < -0.3 is 0 Å². The molecule has 1 heterocycles. The molecular formula is C25H36N2. The molecule has 0 bridgehead atoms. The smallest absolute Gasteiger partial charge is 0.0929 e. The van der Waals surface area contributed by atoms with Crippen molar-refractivity contribution in [2.45, 2.75) is 84.5 Å². The monoisotopic (exact) mass is 364 g/mol. The van der Waals surface area contributed by atoms with E-state index in [1.807, 2.05) is 0 Å². The average molecular weight is 365 g/mol. The third-order valence-corrected chi connectivity index (χ3v) is 6.36. The first-order chi connectivity index (χ1) is 13.3. The minimum Gasteiger partial charge on any atom is -0.155 e. The molecule has 1 aliphatic rings. The van der Waals surface area contributed by atoms with Crippen molar-refractivity contribution >= 4 is 0 Å². The van der Waals surface area contributed by atoms with Crippen molar-refractivity contribution in [3.05, 3.63) is 47.7 Å². The molecule has 27 heavy (non-hydrogen) atoms. The molecule has 0 amide bonds. The minimum absolute atomic E-state index is 0.937. The molecule has 0 atom stereocenters. The van der Waals surface area contributed by atoms with E-state index in [-0.39, 0.29) is 0 Å². The molecule has 2 aromatic rings. The minimum atomic E-state index is 0.937. The van der Waals surface area contributed by atoms with E-state index in [1.54, 1.807) is 0 Å². The highest BCUT2D eigenvalue weighted by Crippen LogP contribution is 2.34. The number of hydrogen-bond acceptors (Lipinski definition) is 2. The largest absolute Gasteiger partial charge is 0.155 e. The van der Waals surface area contributed by atoms with Gasteiger partial charge in [-0.05, 0) is 48.8 Å². The molecule has 0 radical (unpaired) electrons. The van der Waals surface area contributed by atoms with Crippen molar-refractivity contribution in [3.63, 3.8) is 0 Å². The summed E-state index contributed by atoms with van der Waals surface area (Å²) in [7, 11) is 0. The Morgan fingerprint density at radius 2 is 1.48 bits per heavy atom. The molecule has 1 aromatic heterocycles. The van der Waals surface area contributed by atoms with Gasteiger partial charge in [0.2, 0.25) is 0 Å². The molecule has 0 unspecified atom stereocenters. The van der Waals surface area contributed by atoms with Crippen molar-refractivity contribution in [1.29, 1.82) is 0 Å². The van der Waals surface area contributed by atoms with Crippen LogP contribution in [0, 0.1) is 11.8 Å². The fourth-order valence-corrected chi connectivity index (χ4v) is 4.41. The standard InChI is InChI=1S/C25H36N2/c1-3-5-6-7-20-8-10-21(11-9-20)12-13-22-14-16-23(17-15-22)25-19-18-24(4-2)26-27-25/h14-21H,3-13H2,1-2H3. The third-order valence-electron chi connectivity index (χ3n) is 6.36. The van der Waals surface area contributed by atoms with Crippen LogP contribution >= 0.6 is 0 Å². The Hall–Kier alpha value is -1.70. The van der Waals surface area contributed by atoms with Gasteiger partial charge in [0.15, 0.2) is 0 Å². The zero-order chi connectivity index (χ0) is 18.9. The Labute approximate surface area is 165 Å². The van der Waals surface area contributed by atoms with E-state index >= 15 is 0 Å². The van der Waals surface area contributed by atoms with Crippen LogP contribution in [0.2, 0.25) is 0 Å². The molecule has 1 aromatic carbocycles. The van der Waals surface area contributed by atoms with Crippen molar-refractivity contribution in [1.82, 2.24) is 10.2 Å². The Morgan fingerprint density at radius 3 is 2.07 bits per heavy atom. The van der Waals surface area contributed by atoms with Gasteiger partial charge in [0, 0.05) is 5.56 Å². The molecular weight excluding hydrogens is 328 g/mol. The molecule has 3 rings (SSSR count). The molecule has 0 N–H and O–H groups in total. The summed E-state index contributed by atoms with van der Waals surface area (Å²) in [5.74, 6) is 1.96. The molecule has 2 heteroatoms. The van der Waals surface area contributed by atoms with E-state index < -0.39 is 0 Å². The molecule has 1 aliphatic carbocycles. The van der Waals surface area contributed by atoms with E-state index in [2.05, 4.69) is 60.4 Å². The fraction of sp³-hybridized carbons (Fsp3) is 0.600. The van der Waals surface area contributed by atoms with Crippen LogP contribution in [0.4, 0.5) is 0 Å². The Morgan fingerprint density at radius 1 is 0.778 bits per heavy atom. The van der Waals surface area contributed by atoms with E-state index in [4.69, 9.17) is 0 Å². The number of rotatable bonds is 9. The van der Waals surface area contributed by atoms with Gasteiger partial charge in [-0.3, -0.25) is 0 Å². The summed E-state index contributed by atoms with van der Waals surface area (Å²) in [6.07, 6.45) is 15.1. The van der Waals surface area contributed by atoms with Gasteiger partial charge >= 0.3 is 0 Å². The second-order valence-corrected chi connectivity index (χ2v) is 8.38. The zero-order valence-electron chi connectivity index (χ0n) is 17.3. The number of aromatic nitrogens is 2. The third kappa shape index (κ3) is 6.16. The quantitative estimate of drug-likeness (QED) is 0.446. The van der Waals surface area contributed by atoms with E-state index in [0.717, 1.165) is 29.6 Å². The number of unbranched alkanes of at least 4 members (excludes halogenated alkanes) is 2. The first-order valence-corrected chi connectivity index (χ1v) is 11.2. The number of aryl methyl sites for hydroxylation is 2. The molecule has 0 spiro atoms. The lowest BCUT2D eigenvalue weighted by atomic mass is 9.78. The number of benzene rings is 1. The van der Waals surface area contributed by atoms with Crippen molar-refractivity contribution in [2.75, 3.05) is 0 Å². The summed E-state index contributed by atoms with van der Waals surface area (Å²) in [5, 5.41) is 8.63. The van der Waals surface area contributed by atoms with Crippen LogP contribution in [-0.4, -0.2) is 10.2 Å². The maximum absolute atomic E-state index is 4.35. The van der Waals surface area contributed by atoms with Crippen molar-refractivity contribution in [3.8, 4) is 11.3 Å². The highest BCUT2D eigenvalue weighted by Gasteiger charge is 2.20. The van der Waals surface area contributed by atoms with Gasteiger partial charge in [-0.15, -0.1) is 0 Å². The van der Waals surface area contributed by atoms with Gasteiger partial charge in [0.1, 0.15) is 0 Å². The lowest BCUT2D eigenvalue weighted by Gasteiger charge is -2.28. The molecule has 0 aliphatic heterocycles.